The number of aromatic nitrogens is 1. The van der Waals surface area contributed by atoms with Gasteiger partial charge in [-0.15, -0.1) is 21.6 Å². The Labute approximate surface area is 182 Å². The molecule has 0 atom stereocenters. The number of hydrogen-bond donors (Lipinski definition) is 3. The van der Waals surface area contributed by atoms with Crippen LogP contribution in [0.4, 0.5) is 11.4 Å². The number of H-pyrrole nitrogens is 1. The molecule has 2 heterocycles. The van der Waals surface area contributed by atoms with Crippen LogP contribution >= 0.6 is 11.3 Å². The maximum Gasteiger partial charge on any atom is 0.297 e. The normalized spacial score (nSPS) is 11.9. The van der Waals surface area contributed by atoms with E-state index in [9.17, 15) is 18.3 Å². The van der Waals surface area contributed by atoms with Crippen molar-refractivity contribution in [2.24, 2.45) is 10.2 Å². The van der Waals surface area contributed by atoms with Gasteiger partial charge in [-0.3, -0.25) is 9.52 Å². The molecule has 10 heteroatoms. The van der Waals surface area contributed by atoms with Gasteiger partial charge in [0.05, 0.1) is 16.8 Å². The number of thiophene rings is 1. The lowest BCUT2D eigenvalue weighted by Crippen LogP contribution is -2.14. The predicted molar refractivity (Wildman–Crippen MR) is 120 cm³/mol. The van der Waals surface area contributed by atoms with Crippen LogP contribution in [0.2, 0.25) is 0 Å². The van der Waals surface area contributed by atoms with Gasteiger partial charge >= 0.3 is 0 Å². The molecular formula is C21H18N4O4S2. The molecule has 4 rings (SSSR count). The molecule has 0 saturated heterocycles. The fraction of sp³-hybridized carbons (Fsp3) is 0.0952. The molecule has 0 bridgehead atoms. The van der Waals surface area contributed by atoms with Gasteiger partial charge in [0, 0.05) is 5.39 Å². The first-order chi connectivity index (χ1) is 14.8. The van der Waals surface area contributed by atoms with E-state index in [0.29, 0.717) is 10.9 Å². The highest BCUT2D eigenvalue weighted by molar-refractivity contribution is 7.94. The number of carbonyl (C=O) groups is 1. The van der Waals surface area contributed by atoms with Crippen molar-refractivity contribution in [3.8, 4) is 5.88 Å². The summed E-state index contributed by atoms with van der Waals surface area (Å²) in [5, 5.41) is 20.2. The van der Waals surface area contributed by atoms with Crippen molar-refractivity contribution in [1.29, 1.82) is 0 Å². The van der Waals surface area contributed by atoms with Gasteiger partial charge in [-0.2, -0.15) is 0 Å². The lowest BCUT2D eigenvalue weighted by molar-refractivity contribution is 0.0996. The number of anilines is 1. The number of para-hydroxylation sites is 1. The van der Waals surface area contributed by atoms with E-state index >= 15 is 0 Å². The van der Waals surface area contributed by atoms with Crippen LogP contribution < -0.4 is 4.72 Å². The summed E-state index contributed by atoms with van der Waals surface area (Å²) in [6, 6.07) is 12.9. The zero-order valence-corrected chi connectivity index (χ0v) is 18.2. The third-order valence-corrected chi connectivity index (χ3v) is 7.62. The second kappa shape index (κ2) is 7.97. The number of aromatic amines is 1. The Bertz CT molecular complexity index is 1420. The molecular weight excluding hydrogens is 436 g/mol. The molecule has 3 N–H and O–H groups in total. The first-order valence-electron chi connectivity index (χ1n) is 9.20. The number of benzene rings is 2. The maximum absolute atomic E-state index is 12.7. The van der Waals surface area contributed by atoms with Crippen LogP contribution in [0.15, 0.2) is 68.3 Å². The molecule has 2 aromatic carbocycles. The fourth-order valence-electron chi connectivity index (χ4n) is 3.10. The minimum Gasteiger partial charge on any atom is -0.493 e. The van der Waals surface area contributed by atoms with Gasteiger partial charge in [-0.1, -0.05) is 30.3 Å². The molecule has 0 spiro atoms. The second-order valence-electron chi connectivity index (χ2n) is 6.84. The highest BCUT2D eigenvalue weighted by Gasteiger charge is 2.20. The molecule has 2 aromatic heterocycles. The summed E-state index contributed by atoms with van der Waals surface area (Å²) in [7, 11) is -3.83. The lowest BCUT2D eigenvalue weighted by atomic mass is 10.1. The predicted octanol–water partition coefficient (Wildman–Crippen LogP) is 5.28. The van der Waals surface area contributed by atoms with Gasteiger partial charge in [-0.05, 0) is 48.6 Å². The number of aryl methyl sites for hydroxylation is 2. The van der Waals surface area contributed by atoms with E-state index in [1.165, 1.54) is 18.2 Å². The highest BCUT2D eigenvalue weighted by Crippen LogP contribution is 2.37. The summed E-state index contributed by atoms with van der Waals surface area (Å²) >= 11 is 1.07. The number of rotatable bonds is 5. The Kier molecular flexibility index (Phi) is 5.34. The molecule has 0 radical (unpaired) electrons. The van der Waals surface area contributed by atoms with Crippen molar-refractivity contribution in [1.82, 2.24) is 4.98 Å². The Morgan fingerprint density at radius 2 is 1.87 bits per heavy atom. The van der Waals surface area contributed by atoms with E-state index < -0.39 is 15.9 Å². The van der Waals surface area contributed by atoms with Gasteiger partial charge in [0.2, 0.25) is 5.88 Å². The van der Waals surface area contributed by atoms with Crippen molar-refractivity contribution in [3.63, 3.8) is 0 Å². The monoisotopic (exact) mass is 454 g/mol. The zero-order valence-electron chi connectivity index (χ0n) is 16.6. The van der Waals surface area contributed by atoms with Gasteiger partial charge in [0.1, 0.15) is 4.21 Å². The van der Waals surface area contributed by atoms with E-state index in [0.717, 1.165) is 22.5 Å². The number of nitrogens with one attached hydrogen (secondary N) is 2. The summed E-state index contributed by atoms with van der Waals surface area (Å²) in [5.41, 5.74) is 2.98. The first-order valence-corrected chi connectivity index (χ1v) is 11.6. The smallest absolute Gasteiger partial charge is 0.297 e. The number of nitrogens with zero attached hydrogens (tertiary/aromatic N) is 2. The third kappa shape index (κ3) is 3.94. The number of hydrogen-bond acceptors (Lipinski definition) is 6. The molecule has 4 aromatic rings. The van der Waals surface area contributed by atoms with E-state index in [2.05, 4.69) is 19.9 Å². The number of sulfonamides is 1. The summed E-state index contributed by atoms with van der Waals surface area (Å²) in [5.74, 6) is -0.950. The molecule has 0 unspecified atom stereocenters. The molecule has 8 nitrogen and oxygen atoms in total. The molecule has 1 amide bonds. The van der Waals surface area contributed by atoms with Gasteiger partial charge < -0.3 is 10.1 Å². The van der Waals surface area contributed by atoms with E-state index in [4.69, 9.17) is 0 Å². The topological polar surface area (TPSA) is 124 Å². The van der Waals surface area contributed by atoms with Crippen LogP contribution in [0.5, 0.6) is 5.88 Å². The van der Waals surface area contributed by atoms with Crippen molar-refractivity contribution in [2.45, 2.75) is 18.1 Å². The number of fused-ring (bicyclic) bond motifs is 1. The summed E-state index contributed by atoms with van der Waals surface area (Å²) in [6.45, 7) is 3.86. The number of carbonyl (C=O) groups excluding carboxylic acids is 1. The van der Waals surface area contributed by atoms with Crippen molar-refractivity contribution < 1.29 is 18.3 Å². The summed E-state index contributed by atoms with van der Waals surface area (Å²) in [4.78, 5) is 15.6. The fourth-order valence-corrected chi connectivity index (χ4v) is 5.17. The highest BCUT2D eigenvalue weighted by atomic mass is 32.2. The number of amides is 1. The second-order valence-corrected chi connectivity index (χ2v) is 9.70. The van der Waals surface area contributed by atoms with Crippen molar-refractivity contribution >= 4 is 49.5 Å². The van der Waals surface area contributed by atoms with E-state index in [-0.39, 0.29) is 27.0 Å². The zero-order chi connectivity index (χ0) is 22.2. The minimum absolute atomic E-state index is 0.0396. The Morgan fingerprint density at radius 1 is 1.10 bits per heavy atom. The molecule has 0 aliphatic carbocycles. The molecule has 0 aliphatic rings. The lowest BCUT2D eigenvalue weighted by Gasteiger charge is -2.09. The average Bonchev–Trinajstić information content (AvgIpc) is 3.38. The molecule has 0 fully saturated rings. The van der Waals surface area contributed by atoms with Crippen LogP contribution in [-0.4, -0.2) is 24.4 Å². The van der Waals surface area contributed by atoms with E-state index in [1.807, 2.05) is 19.9 Å². The van der Waals surface area contributed by atoms with Gasteiger partial charge in [0.15, 0.2) is 5.69 Å². The van der Waals surface area contributed by atoms with Crippen LogP contribution in [0.25, 0.3) is 10.9 Å². The number of azo groups is 1. The Hall–Kier alpha value is -3.50. The minimum atomic E-state index is -3.83. The Balaban J connectivity index is 1.66. The molecule has 0 saturated carbocycles. The van der Waals surface area contributed by atoms with Crippen molar-refractivity contribution in [3.05, 3.63) is 70.6 Å². The SMILES string of the molecule is Cc1ccc2c(N=NC(=O)c3ccccc3NS(=O)(=O)c3cccs3)c(O)[nH]c2c1C. The van der Waals surface area contributed by atoms with Gasteiger partial charge in [-0.25, -0.2) is 8.42 Å². The largest absolute Gasteiger partial charge is 0.493 e. The summed E-state index contributed by atoms with van der Waals surface area (Å²) in [6.07, 6.45) is 0. The van der Waals surface area contributed by atoms with Gasteiger partial charge in [0.25, 0.3) is 15.9 Å². The third-order valence-electron chi connectivity index (χ3n) is 4.86. The van der Waals surface area contributed by atoms with Crippen LogP contribution in [0.3, 0.4) is 0 Å². The Morgan fingerprint density at radius 3 is 2.61 bits per heavy atom. The maximum atomic E-state index is 12.7. The molecule has 158 valence electrons. The van der Waals surface area contributed by atoms with Crippen LogP contribution in [0, 0.1) is 13.8 Å². The average molecular weight is 455 g/mol. The van der Waals surface area contributed by atoms with Crippen LogP contribution in [-0.2, 0) is 10.0 Å². The first kappa shape index (κ1) is 20.8. The van der Waals surface area contributed by atoms with E-state index in [1.54, 1.807) is 29.6 Å². The van der Waals surface area contributed by atoms with Crippen LogP contribution in [0.1, 0.15) is 21.5 Å². The van der Waals surface area contributed by atoms with Crippen molar-refractivity contribution in [2.75, 3.05) is 4.72 Å². The quantitative estimate of drug-likeness (QED) is 0.355. The molecule has 0 aliphatic heterocycles. The number of aromatic hydroxyl groups is 1. The standard InChI is InChI=1S/C21H18N4O4S2/c1-12-9-10-15-18(13(12)2)22-21(27)19(15)23-24-20(26)14-6-3-4-7-16(14)25-31(28,29)17-8-5-11-30-17/h3-11,22,25,27H,1-2H3. The summed E-state index contributed by atoms with van der Waals surface area (Å²) < 4.78 is 27.6. The molecule has 31 heavy (non-hydrogen) atoms.